The van der Waals surface area contributed by atoms with Gasteiger partial charge in [0.25, 0.3) is 0 Å². The molecule has 0 N–H and O–H groups in total. The van der Waals surface area contributed by atoms with Crippen molar-refractivity contribution in [2.45, 2.75) is 78.4 Å². The van der Waals surface area contributed by atoms with E-state index >= 15 is 0 Å². The summed E-state index contributed by atoms with van der Waals surface area (Å²) in [5.74, 6) is -4.40. The molecule has 1 aliphatic rings. The normalized spacial score (nSPS) is 23.6. The number of carbonyl (C=O) groups excluding carboxylic acids is 6. The fourth-order valence-electron chi connectivity index (χ4n) is 3.04. The summed E-state index contributed by atoms with van der Waals surface area (Å²) in [4.78, 5) is 69.3. The van der Waals surface area contributed by atoms with Gasteiger partial charge in [-0.1, -0.05) is 0 Å². The molecule has 0 radical (unpaired) electrons. The van der Waals surface area contributed by atoms with Crippen LogP contribution in [0.4, 0.5) is 0 Å². The van der Waals surface area contributed by atoms with Crippen LogP contribution in [0, 0.1) is 0 Å². The van der Waals surface area contributed by atoms with Crippen LogP contribution in [-0.2, 0) is 66.7 Å². The highest BCUT2D eigenvalue weighted by Crippen LogP contribution is 2.30. The molecular weight excluding hydrogens is 476 g/mol. The van der Waals surface area contributed by atoms with E-state index in [1.165, 1.54) is 0 Å². The van der Waals surface area contributed by atoms with Crippen molar-refractivity contribution >= 4 is 35.8 Å². The van der Waals surface area contributed by atoms with Crippen LogP contribution in [0.1, 0.15) is 41.5 Å². The Labute approximate surface area is 201 Å². The smallest absolute Gasteiger partial charge is 0.303 e. The molecule has 0 aromatic carbocycles. The lowest BCUT2D eigenvalue weighted by Crippen LogP contribution is -2.63. The van der Waals surface area contributed by atoms with Gasteiger partial charge in [-0.25, -0.2) is 0 Å². The summed E-state index contributed by atoms with van der Waals surface area (Å²) in [6.45, 7) is 5.47. The number of carbonyl (C=O) groups is 6. The van der Waals surface area contributed by atoms with E-state index in [0.717, 1.165) is 41.5 Å². The first-order valence-corrected chi connectivity index (χ1v) is 10.5. The molecular formula is C21H30O14. The minimum atomic E-state index is -1.52. The summed E-state index contributed by atoms with van der Waals surface area (Å²) in [7, 11) is 0. The van der Waals surface area contributed by atoms with Crippen molar-refractivity contribution in [3.05, 3.63) is 0 Å². The van der Waals surface area contributed by atoms with Crippen molar-refractivity contribution < 1.29 is 66.7 Å². The topological polar surface area (TPSA) is 176 Å². The third-order valence-electron chi connectivity index (χ3n) is 4.22. The second-order valence-corrected chi connectivity index (χ2v) is 7.43. The van der Waals surface area contributed by atoms with Crippen molar-refractivity contribution in [3.63, 3.8) is 0 Å². The van der Waals surface area contributed by atoms with Crippen LogP contribution in [0.25, 0.3) is 0 Å². The van der Waals surface area contributed by atoms with E-state index in [9.17, 15) is 28.8 Å². The van der Waals surface area contributed by atoms with Crippen molar-refractivity contribution in [1.29, 1.82) is 0 Å². The van der Waals surface area contributed by atoms with Gasteiger partial charge in [0, 0.05) is 41.5 Å². The van der Waals surface area contributed by atoms with Gasteiger partial charge in [-0.15, -0.1) is 0 Å². The average Bonchev–Trinajstić information content (AvgIpc) is 2.71. The first-order chi connectivity index (χ1) is 16.3. The molecule has 198 valence electrons. The van der Waals surface area contributed by atoms with Crippen LogP contribution in [0.2, 0.25) is 0 Å². The molecule has 1 heterocycles. The molecule has 0 saturated carbocycles. The quantitative estimate of drug-likeness (QED) is 0.261. The molecule has 35 heavy (non-hydrogen) atoms. The standard InChI is InChI=1S/C21H30O14/c1-10(22)28-7-16(8-29-11(2)23)34-21-20(33-15(6)27)19(32-14(5)26)18(31-13(4)25)17(35-21)9-30-12(3)24/h16-21H,7-9H2,1-6H3/t17-,18+,19+,20-,21+/m1/s1. The molecule has 0 aliphatic carbocycles. The van der Waals surface area contributed by atoms with Crippen molar-refractivity contribution in [2.75, 3.05) is 19.8 Å². The minimum absolute atomic E-state index is 0.379. The average molecular weight is 506 g/mol. The van der Waals surface area contributed by atoms with Crippen molar-refractivity contribution in [1.82, 2.24) is 0 Å². The molecule has 1 saturated heterocycles. The number of hydrogen-bond donors (Lipinski definition) is 0. The van der Waals surface area contributed by atoms with Crippen molar-refractivity contribution in [2.24, 2.45) is 0 Å². The first-order valence-electron chi connectivity index (χ1n) is 10.5. The van der Waals surface area contributed by atoms with E-state index in [4.69, 9.17) is 37.9 Å². The largest absolute Gasteiger partial charge is 0.463 e. The predicted octanol–water partition coefficient (Wildman–Crippen LogP) is -0.419. The summed E-state index contributed by atoms with van der Waals surface area (Å²) >= 11 is 0. The number of esters is 6. The molecule has 0 amide bonds. The summed E-state index contributed by atoms with van der Waals surface area (Å²) in [5.41, 5.74) is 0. The molecule has 0 bridgehead atoms. The highest BCUT2D eigenvalue weighted by Gasteiger charge is 2.53. The third-order valence-corrected chi connectivity index (χ3v) is 4.22. The number of rotatable bonds is 11. The molecule has 0 unspecified atom stereocenters. The van der Waals surface area contributed by atoms with E-state index in [2.05, 4.69) is 0 Å². The number of ether oxygens (including phenoxy) is 8. The Balaban J connectivity index is 3.37. The van der Waals surface area contributed by atoms with Gasteiger partial charge in [-0.05, 0) is 0 Å². The number of hydrogen-bond acceptors (Lipinski definition) is 14. The van der Waals surface area contributed by atoms with E-state index in [1.54, 1.807) is 0 Å². The summed E-state index contributed by atoms with van der Waals surface area (Å²) in [5, 5.41) is 0. The fourth-order valence-corrected chi connectivity index (χ4v) is 3.04. The molecule has 5 atom stereocenters. The molecule has 1 fully saturated rings. The van der Waals surface area contributed by atoms with E-state index in [1.807, 2.05) is 0 Å². The Kier molecular flexibility index (Phi) is 12.1. The van der Waals surface area contributed by atoms with Crippen LogP contribution in [0.15, 0.2) is 0 Å². The lowest BCUT2D eigenvalue weighted by atomic mass is 9.98. The highest BCUT2D eigenvalue weighted by atomic mass is 16.7. The Bertz CT molecular complexity index is 773. The van der Waals surface area contributed by atoms with Crippen LogP contribution in [0.3, 0.4) is 0 Å². The van der Waals surface area contributed by atoms with Gasteiger partial charge in [0.1, 0.15) is 32.0 Å². The van der Waals surface area contributed by atoms with Crippen LogP contribution < -0.4 is 0 Å². The zero-order chi connectivity index (χ0) is 26.7. The SMILES string of the molecule is CC(=O)OCC(COC(C)=O)O[C@H]1O[C@H](COC(C)=O)[C@H](OC(C)=O)[C@H](OC(C)=O)[C@H]1OC(C)=O. The minimum Gasteiger partial charge on any atom is -0.463 e. The van der Waals surface area contributed by atoms with Gasteiger partial charge in [0.15, 0.2) is 24.6 Å². The van der Waals surface area contributed by atoms with Gasteiger partial charge in [0.2, 0.25) is 0 Å². The summed E-state index contributed by atoms with van der Waals surface area (Å²) in [6, 6.07) is 0. The monoisotopic (exact) mass is 506 g/mol. The summed E-state index contributed by atoms with van der Waals surface area (Å²) in [6.07, 6.45) is -8.14. The Hall–Kier alpha value is -3.26. The van der Waals surface area contributed by atoms with Crippen molar-refractivity contribution in [3.8, 4) is 0 Å². The maximum atomic E-state index is 11.8. The zero-order valence-corrected chi connectivity index (χ0v) is 20.3. The lowest BCUT2D eigenvalue weighted by Gasteiger charge is -2.44. The lowest BCUT2D eigenvalue weighted by molar-refractivity contribution is -0.320. The van der Waals surface area contributed by atoms with E-state index < -0.39 is 79.2 Å². The maximum absolute atomic E-state index is 11.8. The Morgan fingerprint density at radius 1 is 0.600 bits per heavy atom. The predicted molar refractivity (Wildman–Crippen MR) is 110 cm³/mol. The van der Waals surface area contributed by atoms with E-state index in [-0.39, 0.29) is 13.2 Å². The molecule has 0 aromatic heterocycles. The molecule has 14 heteroatoms. The second-order valence-electron chi connectivity index (χ2n) is 7.43. The maximum Gasteiger partial charge on any atom is 0.303 e. The molecule has 1 rings (SSSR count). The van der Waals surface area contributed by atoms with Gasteiger partial charge < -0.3 is 37.9 Å². The third kappa shape index (κ3) is 11.1. The van der Waals surface area contributed by atoms with Gasteiger partial charge >= 0.3 is 35.8 Å². The fraction of sp³-hybridized carbons (Fsp3) is 0.714. The molecule has 14 nitrogen and oxygen atoms in total. The van der Waals surface area contributed by atoms with Crippen LogP contribution >= 0.6 is 0 Å². The molecule has 1 aliphatic heterocycles. The van der Waals surface area contributed by atoms with Gasteiger partial charge in [0.05, 0.1) is 0 Å². The highest BCUT2D eigenvalue weighted by molar-refractivity contribution is 5.69. The van der Waals surface area contributed by atoms with Gasteiger partial charge in [-0.3, -0.25) is 28.8 Å². The summed E-state index contributed by atoms with van der Waals surface area (Å²) < 4.78 is 42.2. The van der Waals surface area contributed by atoms with Crippen LogP contribution in [0.5, 0.6) is 0 Å². The van der Waals surface area contributed by atoms with Gasteiger partial charge in [-0.2, -0.15) is 0 Å². The first kappa shape index (κ1) is 29.8. The molecule has 0 aromatic rings. The Morgan fingerprint density at radius 2 is 1.03 bits per heavy atom. The zero-order valence-electron chi connectivity index (χ0n) is 20.3. The second kappa shape index (κ2) is 14.2. The molecule has 0 spiro atoms. The van der Waals surface area contributed by atoms with E-state index in [0.29, 0.717) is 0 Å². The Morgan fingerprint density at radius 3 is 1.46 bits per heavy atom. The van der Waals surface area contributed by atoms with Crippen LogP contribution in [-0.4, -0.2) is 92.4 Å².